The molecule has 1 unspecified atom stereocenters. The lowest BCUT2D eigenvalue weighted by molar-refractivity contribution is 0.0956. The smallest absolute Gasteiger partial charge is 0.272 e. The summed E-state index contributed by atoms with van der Waals surface area (Å²) in [5.74, 6) is 0.226. The molecule has 4 aromatic rings. The third-order valence-electron chi connectivity index (χ3n) is 5.27. The number of fused-ring (bicyclic) bond motifs is 1. The van der Waals surface area contributed by atoms with E-state index in [1.54, 1.807) is 24.8 Å². The van der Waals surface area contributed by atoms with Crippen LogP contribution in [0.5, 0.6) is 0 Å². The van der Waals surface area contributed by atoms with Crippen LogP contribution < -0.4 is 5.43 Å². The summed E-state index contributed by atoms with van der Waals surface area (Å²) in [6.07, 6.45) is 5.74. The highest BCUT2D eigenvalue weighted by atomic mass is 16.3. The normalized spacial score (nSPS) is 12.3. The number of carbonyl (C=O) groups is 1. The van der Waals surface area contributed by atoms with E-state index in [-0.39, 0.29) is 5.91 Å². The van der Waals surface area contributed by atoms with Crippen LogP contribution in [-0.4, -0.2) is 17.1 Å². The first-order valence-corrected chi connectivity index (χ1v) is 10.0. The standard InChI is InChI=1S/C25H23N3O2/c1-3-17(2)19-8-10-20(11-9-19)24-14-22(21-6-4-5-7-23(21)27-24)25(29)28-26-15-18-12-13-30-16-18/h4-17H,3H2,1-2H3,(H,28,29)/b26-15-. The molecule has 0 radical (unpaired) electrons. The molecule has 0 spiro atoms. The van der Waals surface area contributed by atoms with E-state index in [2.05, 4.69) is 48.6 Å². The lowest BCUT2D eigenvalue weighted by Crippen LogP contribution is -2.18. The van der Waals surface area contributed by atoms with Crippen molar-refractivity contribution in [3.63, 3.8) is 0 Å². The first kappa shape index (κ1) is 19.6. The Morgan fingerprint density at radius 3 is 2.70 bits per heavy atom. The topological polar surface area (TPSA) is 67.5 Å². The SMILES string of the molecule is CCC(C)c1ccc(-c2cc(C(=O)N/N=C\c3ccoc3)c3ccccc3n2)cc1. The lowest BCUT2D eigenvalue weighted by atomic mass is 9.96. The van der Waals surface area contributed by atoms with Gasteiger partial charge in [0.1, 0.15) is 0 Å². The van der Waals surface area contributed by atoms with Gasteiger partial charge in [0.15, 0.2) is 0 Å². The maximum absolute atomic E-state index is 12.9. The molecule has 1 N–H and O–H groups in total. The second-order valence-corrected chi connectivity index (χ2v) is 7.26. The second kappa shape index (κ2) is 8.74. The van der Waals surface area contributed by atoms with Crippen molar-refractivity contribution in [3.8, 4) is 11.3 Å². The molecule has 0 saturated carbocycles. The van der Waals surface area contributed by atoms with Gasteiger partial charge in [-0.15, -0.1) is 0 Å². The molecule has 2 aromatic heterocycles. The summed E-state index contributed by atoms with van der Waals surface area (Å²) in [7, 11) is 0. The van der Waals surface area contributed by atoms with Crippen LogP contribution >= 0.6 is 0 Å². The van der Waals surface area contributed by atoms with Crippen molar-refractivity contribution in [2.45, 2.75) is 26.2 Å². The van der Waals surface area contributed by atoms with Crippen LogP contribution in [0.1, 0.15) is 47.7 Å². The van der Waals surface area contributed by atoms with E-state index in [1.165, 1.54) is 5.56 Å². The van der Waals surface area contributed by atoms with Crippen molar-refractivity contribution in [1.29, 1.82) is 0 Å². The molecule has 0 bridgehead atoms. The molecule has 4 rings (SSSR count). The molecule has 0 aliphatic rings. The maximum Gasteiger partial charge on any atom is 0.272 e. The molecule has 0 aliphatic carbocycles. The fourth-order valence-corrected chi connectivity index (χ4v) is 3.30. The number of amides is 1. The Morgan fingerprint density at radius 1 is 1.17 bits per heavy atom. The van der Waals surface area contributed by atoms with Crippen LogP contribution in [0, 0.1) is 0 Å². The van der Waals surface area contributed by atoms with Gasteiger partial charge in [0.05, 0.1) is 35.5 Å². The molecule has 0 saturated heterocycles. The van der Waals surface area contributed by atoms with E-state index in [1.807, 2.05) is 30.3 Å². The Bertz CT molecular complexity index is 1180. The molecule has 1 atom stereocenters. The Kier molecular flexibility index (Phi) is 5.70. The van der Waals surface area contributed by atoms with Gasteiger partial charge in [-0.25, -0.2) is 10.4 Å². The fraction of sp³-hybridized carbons (Fsp3) is 0.160. The number of hydrazone groups is 1. The zero-order chi connectivity index (χ0) is 20.9. The van der Waals surface area contributed by atoms with Crippen molar-refractivity contribution in [2.24, 2.45) is 5.10 Å². The Morgan fingerprint density at radius 2 is 1.97 bits per heavy atom. The summed E-state index contributed by atoms with van der Waals surface area (Å²) >= 11 is 0. The lowest BCUT2D eigenvalue weighted by Gasteiger charge is -2.11. The Balaban J connectivity index is 1.68. The van der Waals surface area contributed by atoms with Crippen molar-refractivity contribution < 1.29 is 9.21 Å². The number of rotatable bonds is 6. The summed E-state index contributed by atoms with van der Waals surface area (Å²) in [4.78, 5) is 17.7. The number of hydrogen-bond donors (Lipinski definition) is 1. The Labute approximate surface area is 175 Å². The molecule has 2 heterocycles. The predicted octanol–water partition coefficient (Wildman–Crippen LogP) is 5.77. The summed E-state index contributed by atoms with van der Waals surface area (Å²) in [6, 6.07) is 19.6. The fourth-order valence-electron chi connectivity index (χ4n) is 3.30. The van der Waals surface area contributed by atoms with E-state index in [0.717, 1.165) is 34.1 Å². The molecule has 0 aliphatic heterocycles. The highest BCUT2D eigenvalue weighted by Crippen LogP contribution is 2.27. The van der Waals surface area contributed by atoms with Crippen molar-refractivity contribution in [2.75, 3.05) is 0 Å². The van der Waals surface area contributed by atoms with Crippen LogP contribution in [0.4, 0.5) is 0 Å². The molecule has 5 heteroatoms. The third kappa shape index (κ3) is 4.15. The van der Waals surface area contributed by atoms with E-state index >= 15 is 0 Å². The van der Waals surface area contributed by atoms with Crippen molar-refractivity contribution in [3.05, 3.63) is 89.9 Å². The number of benzene rings is 2. The number of pyridine rings is 1. The van der Waals surface area contributed by atoms with E-state index in [4.69, 9.17) is 9.40 Å². The average Bonchev–Trinajstić information content (AvgIpc) is 3.31. The minimum absolute atomic E-state index is 0.286. The van der Waals surface area contributed by atoms with E-state index < -0.39 is 0 Å². The van der Waals surface area contributed by atoms with Crippen molar-refractivity contribution in [1.82, 2.24) is 10.4 Å². The number of nitrogens with one attached hydrogen (secondary N) is 1. The van der Waals surface area contributed by atoms with Crippen LogP contribution in [0.25, 0.3) is 22.2 Å². The van der Waals surface area contributed by atoms with Crippen LogP contribution in [0.2, 0.25) is 0 Å². The molecule has 0 fully saturated rings. The molecule has 1 amide bonds. The van der Waals surface area contributed by atoms with Gasteiger partial charge in [0, 0.05) is 16.5 Å². The molecular weight excluding hydrogens is 374 g/mol. The molecule has 5 nitrogen and oxygen atoms in total. The van der Waals surface area contributed by atoms with E-state index in [9.17, 15) is 4.79 Å². The molecule has 150 valence electrons. The van der Waals surface area contributed by atoms with Gasteiger partial charge in [-0.3, -0.25) is 4.79 Å². The average molecular weight is 397 g/mol. The number of aromatic nitrogens is 1. The largest absolute Gasteiger partial charge is 0.472 e. The zero-order valence-corrected chi connectivity index (χ0v) is 17.0. The number of furan rings is 1. The van der Waals surface area contributed by atoms with Crippen LogP contribution in [0.3, 0.4) is 0 Å². The molecule has 30 heavy (non-hydrogen) atoms. The summed E-state index contributed by atoms with van der Waals surface area (Å²) in [5, 5.41) is 4.82. The summed E-state index contributed by atoms with van der Waals surface area (Å²) < 4.78 is 5.00. The van der Waals surface area contributed by atoms with Gasteiger partial charge < -0.3 is 4.42 Å². The number of nitrogens with zero attached hydrogens (tertiary/aromatic N) is 2. The number of para-hydroxylation sites is 1. The maximum atomic E-state index is 12.9. The van der Waals surface area contributed by atoms with Gasteiger partial charge in [-0.1, -0.05) is 56.3 Å². The quantitative estimate of drug-likeness (QED) is 0.332. The summed E-state index contributed by atoms with van der Waals surface area (Å²) in [6.45, 7) is 4.40. The second-order valence-electron chi connectivity index (χ2n) is 7.26. The minimum Gasteiger partial charge on any atom is -0.472 e. The third-order valence-corrected chi connectivity index (χ3v) is 5.27. The highest BCUT2D eigenvalue weighted by Gasteiger charge is 2.14. The minimum atomic E-state index is -0.286. The van der Waals surface area contributed by atoms with Crippen LogP contribution in [-0.2, 0) is 0 Å². The monoisotopic (exact) mass is 397 g/mol. The highest BCUT2D eigenvalue weighted by molar-refractivity contribution is 6.07. The van der Waals surface area contributed by atoms with Gasteiger partial charge in [0.25, 0.3) is 5.91 Å². The zero-order valence-electron chi connectivity index (χ0n) is 17.0. The van der Waals surface area contributed by atoms with Gasteiger partial charge in [-0.05, 0) is 36.1 Å². The predicted molar refractivity (Wildman–Crippen MR) is 120 cm³/mol. The summed E-state index contributed by atoms with van der Waals surface area (Å²) in [5.41, 5.74) is 7.71. The van der Waals surface area contributed by atoms with Gasteiger partial charge in [-0.2, -0.15) is 5.10 Å². The Hall–Kier alpha value is -3.73. The first-order valence-electron chi connectivity index (χ1n) is 10.0. The number of hydrogen-bond acceptors (Lipinski definition) is 4. The van der Waals surface area contributed by atoms with Crippen LogP contribution in [0.15, 0.2) is 82.7 Å². The van der Waals surface area contributed by atoms with Crippen molar-refractivity contribution >= 4 is 23.0 Å². The van der Waals surface area contributed by atoms with Gasteiger partial charge in [0.2, 0.25) is 0 Å². The van der Waals surface area contributed by atoms with E-state index in [0.29, 0.717) is 11.5 Å². The number of carbonyl (C=O) groups excluding carboxylic acids is 1. The first-order chi connectivity index (χ1) is 14.7. The molecular formula is C25H23N3O2. The molecule has 2 aromatic carbocycles. The van der Waals surface area contributed by atoms with Gasteiger partial charge >= 0.3 is 0 Å².